The van der Waals surface area contributed by atoms with E-state index in [4.69, 9.17) is 0 Å². The predicted octanol–water partition coefficient (Wildman–Crippen LogP) is 4.18. The number of carbonyl (C=O) groups excluding carboxylic acids is 1. The third kappa shape index (κ3) is 4.83. The van der Waals surface area contributed by atoms with Gasteiger partial charge in [-0.3, -0.25) is 14.9 Å². The number of rotatable bonds is 6. The Balaban J connectivity index is 1.90. The van der Waals surface area contributed by atoms with E-state index < -0.39 is 4.92 Å². The van der Waals surface area contributed by atoms with Gasteiger partial charge in [-0.15, -0.1) is 11.8 Å². The number of thioether (sulfide) groups is 1. The fourth-order valence-electron chi connectivity index (χ4n) is 2.40. The van der Waals surface area contributed by atoms with Crippen LogP contribution in [0.25, 0.3) is 0 Å². The minimum Gasteiger partial charge on any atom is -0.349 e. The molecule has 1 atom stereocenters. The molecule has 2 aromatic carbocycles. The molecule has 0 aliphatic heterocycles. The number of non-ortho nitro benzene ring substituents is 1. The number of amides is 1. The van der Waals surface area contributed by atoms with E-state index in [9.17, 15) is 14.9 Å². The van der Waals surface area contributed by atoms with E-state index in [0.29, 0.717) is 0 Å². The van der Waals surface area contributed by atoms with Crippen molar-refractivity contribution in [1.29, 1.82) is 0 Å². The Labute approximate surface area is 145 Å². The van der Waals surface area contributed by atoms with Crippen LogP contribution in [-0.2, 0) is 4.79 Å². The van der Waals surface area contributed by atoms with Crippen molar-refractivity contribution in [2.24, 2.45) is 0 Å². The van der Waals surface area contributed by atoms with Gasteiger partial charge in [-0.25, -0.2) is 0 Å². The first-order valence-electron chi connectivity index (χ1n) is 7.60. The van der Waals surface area contributed by atoms with Crippen molar-refractivity contribution in [3.05, 3.63) is 69.3 Å². The lowest BCUT2D eigenvalue weighted by atomic mass is 10.00. The fraction of sp³-hybridized carbons (Fsp3) is 0.278. The summed E-state index contributed by atoms with van der Waals surface area (Å²) in [5.41, 5.74) is 3.48. The largest absolute Gasteiger partial charge is 0.349 e. The molecule has 1 unspecified atom stereocenters. The zero-order chi connectivity index (χ0) is 17.7. The number of nitrogens with zero attached hydrogens (tertiary/aromatic N) is 1. The Hall–Kier alpha value is -2.34. The van der Waals surface area contributed by atoms with Gasteiger partial charge in [-0.2, -0.15) is 0 Å². The standard InChI is InChI=1S/C18H20N2O3S/c1-12-4-5-13(2)17(10-12)14(3)19-18(21)11-24-16-8-6-15(7-9-16)20(22)23/h4-10,14H,11H2,1-3H3,(H,19,21). The molecule has 0 fully saturated rings. The van der Waals surface area contributed by atoms with Crippen LogP contribution in [0.5, 0.6) is 0 Å². The first-order valence-corrected chi connectivity index (χ1v) is 8.59. The van der Waals surface area contributed by atoms with Crippen LogP contribution in [0.4, 0.5) is 5.69 Å². The SMILES string of the molecule is Cc1ccc(C)c(C(C)NC(=O)CSc2ccc([N+](=O)[O-])cc2)c1. The number of aryl methyl sites for hydroxylation is 2. The van der Waals surface area contributed by atoms with Crippen LogP contribution >= 0.6 is 11.8 Å². The average molecular weight is 344 g/mol. The van der Waals surface area contributed by atoms with Crippen LogP contribution in [0.1, 0.15) is 29.7 Å². The van der Waals surface area contributed by atoms with Crippen LogP contribution in [-0.4, -0.2) is 16.6 Å². The first-order chi connectivity index (χ1) is 11.4. The third-order valence-electron chi connectivity index (χ3n) is 3.70. The number of hydrogen-bond donors (Lipinski definition) is 1. The summed E-state index contributed by atoms with van der Waals surface area (Å²) in [5.74, 6) is 0.208. The lowest BCUT2D eigenvalue weighted by Crippen LogP contribution is -2.28. The van der Waals surface area contributed by atoms with E-state index >= 15 is 0 Å². The molecule has 0 aliphatic rings. The Morgan fingerprint density at radius 2 is 1.88 bits per heavy atom. The van der Waals surface area contributed by atoms with Gasteiger partial charge in [0.25, 0.3) is 5.69 Å². The van der Waals surface area contributed by atoms with Crippen LogP contribution in [0.15, 0.2) is 47.4 Å². The summed E-state index contributed by atoms with van der Waals surface area (Å²) >= 11 is 1.36. The maximum Gasteiger partial charge on any atom is 0.269 e. The van der Waals surface area contributed by atoms with E-state index in [0.717, 1.165) is 21.6 Å². The molecule has 126 valence electrons. The van der Waals surface area contributed by atoms with Gasteiger partial charge in [0, 0.05) is 17.0 Å². The summed E-state index contributed by atoms with van der Waals surface area (Å²) in [6, 6.07) is 12.3. The van der Waals surface area contributed by atoms with Gasteiger partial charge >= 0.3 is 0 Å². The number of nitrogens with one attached hydrogen (secondary N) is 1. The Morgan fingerprint density at radius 3 is 2.50 bits per heavy atom. The summed E-state index contributed by atoms with van der Waals surface area (Å²) in [7, 11) is 0. The van der Waals surface area contributed by atoms with Crippen LogP contribution < -0.4 is 5.32 Å². The minimum absolute atomic E-state index is 0.0485. The van der Waals surface area contributed by atoms with Crippen LogP contribution in [0.3, 0.4) is 0 Å². The number of nitro benzene ring substituents is 1. The number of benzene rings is 2. The molecular formula is C18H20N2O3S. The van der Waals surface area contributed by atoms with E-state index in [2.05, 4.69) is 23.5 Å². The van der Waals surface area contributed by atoms with E-state index in [1.807, 2.05) is 20.8 Å². The second-order valence-electron chi connectivity index (χ2n) is 5.69. The first kappa shape index (κ1) is 18.0. The molecule has 0 saturated heterocycles. The maximum atomic E-state index is 12.1. The highest BCUT2D eigenvalue weighted by Crippen LogP contribution is 2.22. The highest BCUT2D eigenvalue weighted by atomic mass is 32.2. The highest BCUT2D eigenvalue weighted by Gasteiger charge is 2.12. The van der Waals surface area contributed by atoms with E-state index in [-0.39, 0.29) is 23.4 Å². The predicted molar refractivity (Wildman–Crippen MR) is 96.3 cm³/mol. The molecule has 1 amide bonds. The van der Waals surface area contributed by atoms with Gasteiger partial charge in [-0.1, -0.05) is 23.8 Å². The molecule has 0 aliphatic carbocycles. The molecule has 2 rings (SSSR count). The van der Waals surface area contributed by atoms with Gasteiger partial charge in [0.2, 0.25) is 5.91 Å². The highest BCUT2D eigenvalue weighted by molar-refractivity contribution is 8.00. The second kappa shape index (κ2) is 7.97. The Morgan fingerprint density at radius 1 is 1.21 bits per heavy atom. The van der Waals surface area contributed by atoms with Crippen molar-refractivity contribution in [3.8, 4) is 0 Å². The molecule has 2 aromatic rings. The molecule has 0 heterocycles. The molecule has 0 bridgehead atoms. The van der Waals surface area contributed by atoms with E-state index in [1.54, 1.807) is 12.1 Å². The third-order valence-corrected chi connectivity index (χ3v) is 4.71. The molecule has 0 spiro atoms. The number of nitro groups is 1. The summed E-state index contributed by atoms with van der Waals surface area (Å²) in [5, 5.41) is 13.6. The molecule has 0 aromatic heterocycles. The van der Waals surface area contributed by atoms with Gasteiger partial charge in [-0.05, 0) is 44.0 Å². The minimum atomic E-state index is -0.437. The summed E-state index contributed by atoms with van der Waals surface area (Å²) in [6.07, 6.45) is 0. The summed E-state index contributed by atoms with van der Waals surface area (Å²) < 4.78 is 0. The summed E-state index contributed by atoms with van der Waals surface area (Å²) in [4.78, 5) is 23.1. The van der Waals surface area contributed by atoms with Crippen molar-refractivity contribution < 1.29 is 9.72 Å². The van der Waals surface area contributed by atoms with Crippen LogP contribution in [0, 0.1) is 24.0 Å². The van der Waals surface area contributed by atoms with Crippen molar-refractivity contribution in [2.45, 2.75) is 31.7 Å². The Bertz CT molecular complexity index is 744. The lowest BCUT2D eigenvalue weighted by Gasteiger charge is -2.17. The topological polar surface area (TPSA) is 72.2 Å². The zero-order valence-corrected chi connectivity index (χ0v) is 14.7. The van der Waals surface area contributed by atoms with Crippen LogP contribution in [0.2, 0.25) is 0 Å². The smallest absolute Gasteiger partial charge is 0.269 e. The summed E-state index contributed by atoms with van der Waals surface area (Å²) in [6.45, 7) is 6.03. The van der Waals surface area contributed by atoms with Crippen molar-refractivity contribution in [2.75, 3.05) is 5.75 Å². The molecule has 5 nitrogen and oxygen atoms in total. The average Bonchev–Trinajstić information content (AvgIpc) is 2.55. The van der Waals surface area contributed by atoms with E-state index in [1.165, 1.54) is 23.9 Å². The fourth-order valence-corrected chi connectivity index (χ4v) is 3.11. The molecule has 6 heteroatoms. The molecule has 0 radical (unpaired) electrons. The molecule has 24 heavy (non-hydrogen) atoms. The monoisotopic (exact) mass is 344 g/mol. The lowest BCUT2D eigenvalue weighted by molar-refractivity contribution is -0.384. The number of carbonyl (C=O) groups is 1. The zero-order valence-electron chi connectivity index (χ0n) is 13.9. The van der Waals surface area contributed by atoms with Crippen molar-refractivity contribution in [1.82, 2.24) is 5.32 Å². The van der Waals surface area contributed by atoms with Gasteiger partial charge in [0.1, 0.15) is 0 Å². The molecular weight excluding hydrogens is 324 g/mol. The van der Waals surface area contributed by atoms with Crippen molar-refractivity contribution >= 4 is 23.4 Å². The quantitative estimate of drug-likeness (QED) is 0.485. The van der Waals surface area contributed by atoms with Crippen molar-refractivity contribution in [3.63, 3.8) is 0 Å². The number of hydrogen-bond acceptors (Lipinski definition) is 4. The second-order valence-corrected chi connectivity index (χ2v) is 6.74. The van der Waals surface area contributed by atoms with Gasteiger partial charge < -0.3 is 5.32 Å². The maximum absolute atomic E-state index is 12.1. The molecule has 0 saturated carbocycles. The normalized spacial score (nSPS) is 11.8. The Kier molecular flexibility index (Phi) is 5.98. The van der Waals surface area contributed by atoms with Gasteiger partial charge in [0.15, 0.2) is 0 Å². The molecule has 1 N–H and O–H groups in total. The van der Waals surface area contributed by atoms with Gasteiger partial charge in [0.05, 0.1) is 16.7 Å².